The average molecular weight is 176 g/mol. The van der Waals surface area contributed by atoms with Crippen molar-refractivity contribution in [3.8, 4) is 0 Å². The zero-order chi connectivity index (χ0) is 4.41. The molecule has 1 aliphatic heterocycles. The summed E-state index contributed by atoms with van der Waals surface area (Å²) < 4.78 is 0. The van der Waals surface area contributed by atoms with E-state index in [0.717, 1.165) is 19.5 Å². The molecule has 0 amide bonds. The monoisotopic (exact) mass is 176 g/mol. The molecule has 0 aromatic rings. The second kappa shape index (κ2) is 3.96. The molecule has 0 saturated carbocycles. The van der Waals surface area contributed by atoms with Gasteiger partial charge in [-0.2, -0.15) is 0 Å². The van der Waals surface area contributed by atoms with Crippen LogP contribution in [0, 0.1) is 0 Å². The summed E-state index contributed by atoms with van der Waals surface area (Å²) in [5.41, 5.74) is 0. The van der Waals surface area contributed by atoms with Crippen LogP contribution in [0.4, 0.5) is 0 Å². The zero-order valence-corrected chi connectivity index (χ0v) is 7.06. The molecule has 1 aliphatic rings. The molecule has 0 spiro atoms. The van der Waals surface area contributed by atoms with Gasteiger partial charge in [0, 0.05) is 39.3 Å². The van der Waals surface area contributed by atoms with E-state index in [0.29, 0.717) is 0 Å². The third-order valence-electron chi connectivity index (χ3n) is 1.03. The first-order chi connectivity index (χ1) is 2.89. The molecule has 1 radical (unpaired) electrons. The third-order valence-corrected chi connectivity index (χ3v) is 1.03. The molecule has 39 valence electrons. The van der Waals surface area contributed by atoms with Gasteiger partial charge >= 0.3 is 0 Å². The largest absolute Gasteiger partial charge is 0.392 e. The van der Waals surface area contributed by atoms with E-state index in [1.807, 2.05) is 0 Å². The maximum atomic E-state index is 8.67. The SMILES string of the molecule is OC1CCNC1.[Y]. The molecular formula is C4H9NOY. The molecule has 0 aromatic carbocycles. The second-order valence-electron chi connectivity index (χ2n) is 1.65. The summed E-state index contributed by atoms with van der Waals surface area (Å²) >= 11 is 0. The van der Waals surface area contributed by atoms with Crippen LogP contribution in [0.3, 0.4) is 0 Å². The van der Waals surface area contributed by atoms with Gasteiger partial charge in [-0.3, -0.25) is 0 Å². The van der Waals surface area contributed by atoms with Gasteiger partial charge < -0.3 is 10.4 Å². The zero-order valence-electron chi connectivity index (χ0n) is 4.22. The van der Waals surface area contributed by atoms with Crippen molar-refractivity contribution in [2.45, 2.75) is 12.5 Å². The maximum absolute atomic E-state index is 8.67. The summed E-state index contributed by atoms with van der Waals surface area (Å²) in [6.45, 7) is 1.78. The van der Waals surface area contributed by atoms with Gasteiger partial charge in [0.1, 0.15) is 0 Å². The first kappa shape index (κ1) is 8.02. The van der Waals surface area contributed by atoms with Crippen LogP contribution in [-0.4, -0.2) is 24.3 Å². The Morgan fingerprint density at radius 3 is 2.43 bits per heavy atom. The van der Waals surface area contributed by atoms with Crippen LogP contribution >= 0.6 is 0 Å². The fraction of sp³-hybridized carbons (Fsp3) is 1.00. The summed E-state index contributed by atoms with van der Waals surface area (Å²) in [4.78, 5) is 0. The van der Waals surface area contributed by atoms with Gasteiger partial charge in [0.2, 0.25) is 0 Å². The Morgan fingerprint density at radius 2 is 2.29 bits per heavy atom. The molecule has 2 nitrogen and oxygen atoms in total. The van der Waals surface area contributed by atoms with E-state index in [-0.39, 0.29) is 38.8 Å². The van der Waals surface area contributed by atoms with Crippen LogP contribution in [0.5, 0.6) is 0 Å². The fourth-order valence-electron chi connectivity index (χ4n) is 0.639. The Morgan fingerprint density at radius 1 is 1.57 bits per heavy atom. The molecule has 0 aromatic heterocycles. The molecule has 1 fully saturated rings. The molecular weight excluding hydrogens is 167 g/mol. The molecule has 0 bridgehead atoms. The summed E-state index contributed by atoms with van der Waals surface area (Å²) in [5, 5.41) is 11.7. The van der Waals surface area contributed by atoms with Gasteiger partial charge in [0.25, 0.3) is 0 Å². The van der Waals surface area contributed by atoms with Crippen molar-refractivity contribution in [3.63, 3.8) is 0 Å². The van der Waals surface area contributed by atoms with Crippen molar-refractivity contribution in [1.29, 1.82) is 0 Å². The Kier molecular flexibility index (Phi) is 4.54. The van der Waals surface area contributed by atoms with E-state index in [2.05, 4.69) is 5.32 Å². The Hall–Kier alpha value is 1.02. The number of nitrogens with one attached hydrogen (secondary N) is 1. The fourth-order valence-corrected chi connectivity index (χ4v) is 0.639. The van der Waals surface area contributed by atoms with Gasteiger partial charge in [0.05, 0.1) is 6.10 Å². The van der Waals surface area contributed by atoms with E-state index < -0.39 is 0 Å². The number of hydrogen-bond acceptors (Lipinski definition) is 2. The average Bonchev–Trinajstić information content (AvgIpc) is 1.86. The number of hydrogen-bond donors (Lipinski definition) is 2. The maximum Gasteiger partial charge on any atom is 0.0676 e. The number of β-amino-alcohol motifs (C(OH)–C–C–N with tert-alkyl or cyclic N) is 1. The van der Waals surface area contributed by atoms with Gasteiger partial charge in [0.15, 0.2) is 0 Å². The minimum atomic E-state index is -0.0648. The third kappa shape index (κ3) is 2.75. The van der Waals surface area contributed by atoms with Crippen molar-refractivity contribution in [3.05, 3.63) is 0 Å². The Balaban J connectivity index is 0.000000360. The number of rotatable bonds is 0. The Labute approximate surface area is 68.6 Å². The van der Waals surface area contributed by atoms with E-state index >= 15 is 0 Å². The van der Waals surface area contributed by atoms with Crippen molar-refractivity contribution in [2.75, 3.05) is 13.1 Å². The number of aliphatic hydroxyl groups is 1. The Bertz CT molecular complexity index is 45.0. The van der Waals surface area contributed by atoms with E-state index in [9.17, 15) is 0 Å². The van der Waals surface area contributed by atoms with Gasteiger partial charge in [-0.1, -0.05) is 0 Å². The standard InChI is InChI=1S/C4H9NO.Y/c6-4-1-2-5-3-4;/h4-6H,1-3H2;. The summed E-state index contributed by atoms with van der Waals surface area (Å²) in [6.07, 6.45) is 0.866. The van der Waals surface area contributed by atoms with Crippen LogP contribution in [0.1, 0.15) is 6.42 Å². The molecule has 7 heavy (non-hydrogen) atoms. The van der Waals surface area contributed by atoms with Crippen molar-refractivity contribution in [1.82, 2.24) is 5.32 Å². The van der Waals surface area contributed by atoms with E-state index in [1.165, 1.54) is 0 Å². The molecule has 3 heteroatoms. The topological polar surface area (TPSA) is 32.3 Å². The molecule has 1 heterocycles. The summed E-state index contributed by atoms with van der Waals surface area (Å²) in [7, 11) is 0. The van der Waals surface area contributed by atoms with Gasteiger partial charge in [-0.25, -0.2) is 0 Å². The summed E-state index contributed by atoms with van der Waals surface area (Å²) in [6, 6.07) is 0. The molecule has 1 unspecified atom stereocenters. The molecule has 0 aliphatic carbocycles. The predicted molar refractivity (Wildman–Crippen MR) is 23.5 cm³/mol. The first-order valence-corrected chi connectivity index (χ1v) is 2.28. The van der Waals surface area contributed by atoms with Crippen molar-refractivity contribution in [2.24, 2.45) is 0 Å². The smallest absolute Gasteiger partial charge is 0.0676 e. The molecule has 1 saturated heterocycles. The minimum Gasteiger partial charge on any atom is -0.392 e. The quantitative estimate of drug-likeness (QED) is 0.513. The molecule has 1 atom stereocenters. The summed E-state index contributed by atoms with van der Waals surface area (Å²) in [5.74, 6) is 0. The van der Waals surface area contributed by atoms with Gasteiger partial charge in [-0.15, -0.1) is 0 Å². The normalized spacial score (nSPS) is 29.6. The van der Waals surface area contributed by atoms with E-state index in [4.69, 9.17) is 5.11 Å². The van der Waals surface area contributed by atoms with E-state index in [1.54, 1.807) is 0 Å². The van der Waals surface area contributed by atoms with Crippen LogP contribution in [-0.2, 0) is 32.7 Å². The second-order valence-corrected chi connectivity index (χ2v) is 1.65. The minimum absolute atomic E-state index is 0. The number of aliphatic hydroxyl groups excluding tert-OH is 1. The van der Waals surface area contributed by atoms with Crippen LogP contribution in [0.15, 0.2) is 0 Å². The molecule has 2 N–H and O–H groups in total. The van der Waals surface area contributed by atoms with Crippen molar-refractivity contribution >= 4 is 0 Å². The first-order valence-electron chi connectivity index (χ1n) is 2.28. The van der Waals surface area contributed by atoms with Crippen LogP contribution in [0.25, 0.3) is 0 Å². The van der Waals surface area contributed by atoms with Crippen LogP contribution < -0.4 is 5.32 Å². The van der Waals surface area contributed by atoms with Crippen LogP contribution in [0.2, 0.25) is 0 Å². The van der Waals surface area contributed by atoms with Crippen molar-refractivity contribution < 1.29 is 37.8 Å². The predicted octanol–water partition coefficient (Wildman–Crippen LogP) is -0.662. The molecule has 1 rings (SSSR count). The van der Waals surface area contributed by atoms with Gasteiger partial charge in [-0.05, 0) is 13.0 Å².